The van der Waals surface area contributed by atoms with Crippen molar-refractivity contribution in [2.45, 2.75) is 25.9 Å². The SMILES string of the molecule is C[C@H]1Cc2ccccc2N1C(=O)c1cccn(Cc2cccc([N+](=O)[O-])c2)c1=O. The number of nitrogens with zero attached hydrogens (tertiary/aromatic N) is 3. The molecule has 2 heterocycles. The van der Waals surface area contributed by atoms with Gasteiger partial charge in [0.05, 0.1) is 11.5 Å². The van der Waals surface area contributed by atoms with Gasteiger partial charge >= 0.3 is 0 Å². The van der Waals surface area contributed by atoms with E-state index in [1.54, 1.807) is 29.3 Å². The van der Waals surface area contributed by atoms with Crippen LogP contribution in [0.25, 0.3) is 0 Å². The molecule has 1 aromatic heterocycles. The molecule has 1 aliphatic rings. The zero-order valence-electron chi connectivity index (χ0n) is 15.8. The van der Waals surface area contributed by atoms with Gasteiger partial charge in [-0.3, -0.25) is 19.7 Å². The van der Waals surface area contributed by atoms with Crippen LogP contribution in [0.2, 0.25) is 0 Å². The van der Waals surface area contributed by atoms with Gasteiger partial charge in [-0.05, 0) is 42.7 Å². The molecule has 3 aromatic rings. The number of fused-ring (bicyclic) bond motifs is 1. The molecule has 4 rings (SSSR count). The van der Waals surface area contributed by atoms with Crippen molar-refractivity contribution >= 4 is 17.3 Å². The van der Waals surface area contributed by atoms with E-state index in [0.29, 0.717) is 5.56 Å². The standard InChI is InChI=1S/C22H19N3O4/c1-15-12-17-7-2-3-10-20(17)24(15)22(27)19-9-5-11-23(21(19)26)14-16-6-4-8-18(13-16)25(28)29/h2-11,13,15H,12,14H2,1H3/t15-/m0/s1. The summed E-state index contributed by atoms with van der Waals surface area (Å²) in [5.41, 5.74) is 2.16. The minimum Gasteiger partial charge on any atom is -0.310 e. The molecule has 2 aromatic carbocycles. The van der Waals surface area contributed by atoms with Gasteiger partial charge in [-0.1, -0.05) is 30.3 Å². The van der Waals surface area contributed by atoms with Crippen molar-refractivity contribution in [2.75, 3.05) is 4.90 Å². The van der Waals surface area contributed by atoms with Gasteiger partial charge in [0.25, 0.3) is 17.2 Å². The van der Waals surface area contributed by atoms with Gasteiger partial charge in [0.15, 0.2) is 0 Å². The summed E-state index contributed by atoms with van der Waals surface area (Å²) in [7, 11) is 0. The Morgan fingerprint density at radius 1 is 1.14 bits per heavy atom. The van der Waals surface area contributed by atoms with E-state index in [2.05, 4.69) is 0 Å². The number of carbonyl (C=O) groups excluding carboxylic acids is 1. The molecule has 29 heavy (non-hydrogen) atoms. The monoisotopic (exact) mass is 389 g/mol. The molecule has 0 N–H and O–H groups in total. The molecule has 0 radical (unpaired) electrons. The molecular formula is C22H19N3O4. The van der Waals surface area contributed by atoms with Crippen LogP contribution in [0.1, 0.15) is 28.4 Å². The summed E-state index contributed by atoms with van der Waals surface area (Å²) in [6, 6.07) is 17.0. The number of benzene rings is 2. The van der Waals surface area contributed by atoms with Crippen LogP contribution in [0.3, 0.4) is 0 Å². The lowest BCUT2D eigenvalue weighted by atomic mass is 10.1. The van der Waals surface area contributed by atoms with Crippen molar-refractivity contribution in [3.8, 4) is 0 Å². The Morgan fingerprint density at radius 2 is 1.93 bits per heavy atom. The van der Waals surface area contributed by atoms with Crippen molar-refractivity contribution in [1.82, 2.24) is 4.57 Å². The van der Waals surface area contributed by atoms with E-state index in [1.807, 2.05) is 31.2 Å². The molecule has 0 spiro atoms. The second kappa shape index (κ2) is 7.35. The number of hydrogen-bond acceptors (Lipinski definition) is 4. The summed E-state index contributed by atoms with van der Waals surface area (Å²) in [5.74, 6) is -0.333. The summed E-state index contributed by atoms with van der Waals surface area (Å²) in [5, 5.41) is 11.0. The normalized spacial score (nSPS) is 15.2. The minimum absolute atomic E-state index is 0.0368. The molecule has 1 amide bonds. The fraction of sp³-hybridized carbons (Fsp3) is 0.182. The van der Waals surface area contributed by atoms with Crippen molar-refractivity contribution < 1.29 is 9.72 Å². The summed E-state index contributed by atoms with van der Waals surface area (Å²) in [6.07, 6.45) is 2.33. The first-order valence-electron chi connectivity index (χ1n) is 9.30. The molecule has 7 nitrogen and oxygen atoms in total. The Labute approximate surface area is 167 Å². The Balaban J connectivity index is 1.67. The first kappa shape index (κ1) is 18.6. The van der Waals surface area contributed by atoms with Crippen LogP contribution in [0.5, 0.6) is 0 Å². The summed E-state index contributed by atoms with van der Waals surface area (Å²) < 4.78 is 1.40. The number of hydrogen-bond donors (Lipinski definition) is 0. The molecule has 146 valence electrons. The molecule has 0 saturated heterocycles. The van der Waals surface area contributed by atoms with E-state index in [9.17, 15) is 19.7 Å². The minimum atomic E-state index is -0.474. The van der Waals surface area contributed by atoms with Gasteiger partial charge in [-0.2, -0.15) is 0 Å². The Morgan fingerprint density at radius 3 is 2.72 bits per heavy atom. The quantitative estimate of drug-likeness (QED) is 0.506. The number of anilines is 1. The Hall–Kier alpha value is -3.74. The summed E-state index contributed by atoms with van der Waals surface area (Å²) >= 11 is 0. The van der Waals surface area contributed by atoms with E-state index in [1.165, 1.54) is 22.8 Å². The number of aromatic nitrogens is 1. The third kappa shape index (κ3) is 3.42. The number of carbonyl (C=O) groups is 1. The highest BCUT2D eigenvalue weighted by molar-refractivity contribution is 6.07. The van der Waals surface area contributed by atoms with Crippen molar-refractivity contribution in [3.05, 3.63) is 104 Å². The number of amides is 1. The van der Waals surface area contributed by atoms with Crippen LogP contribution in [-0.4, -0.2) is 21.4 Å². The van der Waals surface area contributed by atoms with Crippen LogP contribution < -0.4 is 10.5 Å². The smallest absolute Gasteiger partial charge is 0.269 e. The first-order valence-corrected chi connectivity index (χ1v) is 9.30. The number of nitro groups is 1. The van der Waals surface area contributed by atoms with Gasteiger partial charge in [0.1, 0.15) is 5.56 Å². The zero-order chi connectivity index (χ0) is 20.5. The maximum atomic E-state index is 13.2. The molecule has 1 aliphatic heterocycles. The fourth-order valence-corrected chi connectivity index (χ4v) is 3.79. The third-order valence-electron chi connectivity index (χ3n) is 5.15. The third-order valence-corrected chi connectivity index (χ3v) is 5.15. The van der Waals surface area contributed by atoms with Crippen LogP contribution >= 0.6 is 0 Å². The van der Waals surface area contributed by atoms with Crippen LogP contribution in [0, 0.1) is 10.1 Å². The topological polar surface area (TPSA) is 85.4 Å². The van der Waals surface area contributed by atoms with Gasteiger partial charge < -0.3 is 9.47 Å². The molecule has 0 aliphatic carbocycles. The second-order valence-electron chi connectivity index (χ2n) is 7.14. The van der Waals surface area contributed by atoms with Crippen molar-refractivity contribution in [1.29, 1.82) is 0 Å². The highest BCUT2D eigenvalue weighted by Gasteiger charge is 2.32. The van der Waals surface area contributed by atoms with Crippen LogP contribution in [0.4, 0.5) is 11.4 Å². The number of nitro benzene ring substituents is 1. The van der Waals surface area contributed by atoms with E-state index >= 15 is 0 Å². The predicted octanol–water partition coefficient (Wildman–Crippen LogP) is 3.40. The molecule has 1 atom stereocenters. The van der Waals surface area contributed by atoms with E-state index < -0.39 is 10.5 Å². The summed E-state index contributed by atoms with van der Waals surface area (Å²) in [4.78, 5) is 38.4. The number of pyridine rings is 1. The number of rotatable bonds is 4. The molecular weight excluding hydrogens is 370 g/mol. The van der Waals surface area contributed by atoms with Gasteiger partial charge in [0.2, 0.25) is 0 Å². The van der Waals surface area contributed by atoms with E-state index in [-0.39, 0.29) is 29.7 Å². The second-order valence-corrected chi connectivity index (χ2v) is 7.14. The average molecular weight is 389 g/mol. The first-order chi connectivity index (χ1) is 14.0. The largest absolute Gasteiger partial charge is 0.310 e. The molecule has 0 unspecified atom stereocenters. The fourth-order valence-electron chi connectivity index (χ4n) is 3.79. The van der Waals surface area contributed by atoms with E-state index in [4.69, 9.17) is 0 Å². The van der Waals surface area contributed by atoms with Crippen LogP contribution in [-0.2, 0) is 13.0 Å². The number of para-hydroxylation sites is 1. The lowest BCUT2D eigenvalue weighted by Crippen LogP contribution is -2.39. The summed E-state index contributed by atoms with van der Waals surface area (Å²) in [6.45, 7) is 2.11. The molecule has 7 heteroatoms. The maximum absolute atomic E-state index is 13.2. The van der Waals surface area contributed by atoms with Gasteiger partial charge in [-0.15, -0.1) is 0 Å². The Bertz CT molecular complexity index is 1170. The van der Waals surface area contributed by atoms with Crippen LogP contribution in [0.15, 0.2) is 71.7 Å². The Kier molecular flexibility index (Phi) is 4.72. The lowest BCUT2D eigenvalue weighted by Gasteiger charge is -2.22. The lowest BCUT2D eigenvalue weighted by molar-refractivity contribution is -0.384. The van der Waals surface area contributed by atoms with Gasteiger partial charge in [-0.25, -0.2) is 0 Å². The average Bonchev–Trinajstić information content (AvgIpc) is 3.05. The molecule has 0 saturated carbocycles. The highest BCUT2D eigenvalue weighted by Crippen LogP contribution is 2.32. The number of non-ortho nitro benzene ring substituents is 1. The van der Waals surface area contributed by atoms with Gasteiger partial charge in [0, 0.05) is 30.1 Å². The zero-order valence-corrected chi connectivity index (χ0v) is 15.8. The van der Waals surface area contributed by atoms with Crippen molar-refractivity contribution in [3.63, 3.8) is 0 Å². The van der Waals surface area contributed by atoms with E-state index in [0.717, 1.165) is 17.7 Å². The van der Waals surface area contributed by atoms with Crippen molar-refractivity contribution in [2.24, 2.45) is 0 Å². The highest BCUT2D eigenvalue weighted by atomic mass is 16.6. The maximum Gasteiger partial charge on any atom is 0.269 e. The molecule has 0 fully saturated rings. The molecule has 0 bridgehead atoms. The predicted molar refractivity (Wildman–Crippen MR) is 109 cm³/mol.